The van der Waals surface area contributed by atoms with Gasteiger partial charge in [-0.1, -0.05) is 19.1 Å². The number of guanidine groups is 1. The van der Waals surface area contributed by atoms with Gasteiger partial charge in [0.1, 0.15) is 5.75 Å². The molecule has 1 unspecified atom stereocenters. The molecule has 0 saturated carbocycles. The summed E-state index contributed by atoms with van der Waals surface area (Å²) in [5, 5.41) is 8.59. The zero-order valence-corrected chi connectivity index (χ0v) is 19.4. The van der Waals surface area contributed by atoms with Crippen LogP contribution in [-0.2, 0) is 6.54 Å². The Labute approximate surface area is 191 Å². The van der Waals surface area contributed by atoms with Gasteiger partial charge in [-0.2, -0.15) is 0 Å². The van der Waals surface area contributed by atoms with Gasteiger partial charge in [-0.25, -0.2) is 4.39 Å². The molecule has 8 heteroatoms. The average Bonchev–Trinajstić information content (AvgIpc) is 3.25. The third kappa shape index (κ3) is 6.97. The van der Waals surface area contributed by atoms with Crippen LogP contribution in [0.2, 0.25) is 0 Å². The number of pyridine rings is 1. The normalized spacial score (nSPS) is 12.0. The zero-order valence-electron chi connectivity index (χ0n) is 16.3. The Bertz CT molecular complexity index is 906. The van der Waals surface area contributed by atoms with Crippen LogP contribution in [0, 0.1) is 5.82 Å². The number of halogens is 2. The minimum Gasteiger partial charge on any atom is -0.453 e. The van der Waals surface area contributed by atoms with E-state index in [1.54, 1.807) is 49.0 Å². The summed E-state index contributed by atoms with van der Waals surface area (Å²) >= 11 is 1.75. The largest absolute Gasteiger partial charge is 0.453 e. The van der Waals surface area contributed by atoms with E-state index >= 15 is 0 Å². The number of hydrogen-bond donors (Lipinski definition) is 2. The quantitative estimate of drug-likeness (QED) is 0.254. The Kier molecular flexibility index (Phi) is 9.33. The molecule has 3 rings (SSSR count). The van der Waals surface area contributed by atoms with Crippen molar-refractivity contribution in [2.45, 2.75) is 19.4 Å². The lowest BCUT2D eigenvalue weighted by Crippen LogP contribution is -2.38. The molecule has 0 bridgehead atoms. The van der Waals surface area contributed by atoms with Crippen molar-refractivity contribution in [2.75, 3.05) is 13.6 Å². The Balaban J connectivity index is 0.00000300. The van der Waals surface area contributed by atoms with Gasteiger partial charge in [-0.3, -0.25) is 9.98 Å². The van der Waals surface area contributed by atoms with E-state index in [0.29, 0.717) is 24.2 Å². The van der Waals surface area contributed by atoms with Gasteiger partial charge in [0.15, 0.2) is 17.5 Å². The summed E-state index contributed by atoms with van der Waals surface area (Å²) in [6, 6.07) is 12.6. The maximum atomic E-state index is 14.3. The van der Waals surface area contributed by atoms with Crippen LogP contribution in [0.5, 0.6) is 11.5 Å². The van der Waals surface area contributed by atoms with Gasteiger partial charge < -0.3 is 15.4 Å². The van der Waals surface area contributed by atoms with Gasteiger partial charge in [0.2, 0.25) is 0 Å². The fourth-order valence-electron chi connectivity index (χ4n) is 2.60. The molecule has 0 aliphatic carbocycles. The number of benzene rings is 1. The lowest BCUT2D eigenvalue weighted by molar-refractivity contribution is 0.440. The van der Waals surface area contributed by atoms with Crippen molar-refractivity contribution in [1.29, 1.82) is 0 Å². The molecule has 3 aromatic rings. The molecule has 0 saturated heterocycles. The van der Waals surface area contributed by atoms with Gasteiger partial charge in [0.25, 0.3) is 0 Å². The second kappa shape index (κ2) is 11.7. The molecule has 2 N–H and O–H groups in total. The van der Waals surface area contributed by atoms with E-state index in [9.17, 15) is 4.39 Å². The van der Waals surface area contributed by atoms with Gasteiger partial charge in [0.05, 0.1) is 6.20 Å². The summed E-state index contributed by atoms with van der Waals surface area (Å²) in [6.07, 6.45) is 3.18. The summed E-state index contributed by atoms with van der Waals surface area (Å²) in [5.41, 5.74) is 0.797. The van der Waals surface area contributed by atoms with Crippen LogP contribution in [0.25, 0.3) is 0 Å². The molecule has 0 aliphatic rings. The van der Waals surface area contributed by atoms with E-state index in [2.05, 4.69) is 45.0 Å². The molecule has 29 heavy (non-hydrogen) atoms. The van der Waals surface area contributed by atoms with Crippen molar-refractivity contribution in [2.24, 2.45) is 4.99 Å². The molecule has 0 amide bonds. The van der Waals surface area contributed by atoms with Crippen LogP contribution in [0.1, 0.15) is 23.3 Å². The summed E-state index contributed by atoms with van der Waals surface area (Å²) in [4.78, 5) is 9.51. The Morgan fingerprint density at radius 1 is 1.24 bits per heavy atom. The van der Waals surface area contributed by atoms with Gasteiger partial charge >= 0.3 is 0 Å². The topological polar surface area (TPSA) is 58.5 Å². The van der Waals surface area contributed by atoms with Crippen LogP contribution in [0.4, 0.5) is 4.39 Å². The molecule has 2 heterocycles. The zero-order chi connectivity index (χ0) is 19.8. The van der Waals surface area contributed by atoms with Crippen LogP contribution in [-0.4, -0.2) is 24.5 Å². The van der Waals surface area contributed by atoms with Crippen LogP contribution >= 0.6 is 35.3 Å². The monoisotopic (exact) mass is 526 g/mol. The number of hydrogen-bond acceptors (Lipinski definition) is 4. The Hall–Kier alpha value is -2.20. The molecule has 5 nitrogen and oxygen atoms in total. The molecule has 0 aliphatic heterocycles. The van der Waals surface area contributed by atoms with Crippen molar-refractivity contribution >= 4 is 41.3 Å². The van der Waals surface area contributed by atoms with Crippen molar-refractivity contribution in [3.05, 3.63) is 76.5 Å². The first-order valence-corrected chi connectivity index (χ1v) is 9.88. The third-order valence-electron chi connectivity index (χ3n) is 4.15. The molecular formula is C21H24FIN4OS. The number of aromatic nitrogens is 1. The van der Waals surface area contributed by atoms with Gasteiger partial charge in [-0.15, -0.1) is 35.3 Å². The third-order valence-corrected chi connectivity index (χ3v) is 5.25. The first kappa shape index (κ1) is 23.1. The minimum atomic E-state index is -0.419. The number of aliphatic imine (C=N–C) groups is 1. The number of thiophene rings is 1. The Morgan fingerprint density at radius 2 is 2.10 bits per heavy atom. The van der Waals surface area contributed by atoms with Crippen molar-refractivity contribution < 1.29 is 9.13 Å². The fourth-order valence-corrected chi connectivity index (χ4v) is 3.39. The molecule has 0 spiro atoms. The molecule has 154 valence electrons. The fraction of sp³-hybridized carbons (Fsp3) is 0.238. The van der Waals surface area contributed by atoms with Crippen molar-refractivity contribution in [3.63, 3.8) is 0 Å². The Morgan fingerprint density at radius 3 is 2.76 bits per heavy atom. The van der Waals surface area contributed by atoms with Crippen LogP contribution in [0.15, 0.2) is 65.2 Å². The minimum absolute atomic E-state index is 0. The summed E-state index contributed by atoms with van der Waals surface area (Å²) < 4.78 is 19.9. The first-order chi connectivity index (χ1) is 13.7. The van der Waals surface area contributed by atoms with E-state index in [-0.39, 0.29) is 29.7 Å². The molecule has 1 aromatic carbocycles. The van der Waals surface area contributed by atoms with Crippen molar-refractivity contribution in [3.8, 4) is 11.5 Å². The molecule has 0 fully saturated rings. The molecule has 2 aromatic heterocycles. The maximum Gasteiger partial charge on any atom is 0.191 e. The second-order valence-electron chi connectivity index (χ2n) is 6.28. The SMILES string of the molecule is CN=C(NCc1ccc(Oc2cccnc2)c(F)c1)NCC(C)c1cccs1.I. The van der Waals surface area contributed by atoms with E-state index in [1.807, 2.05) is 6.07 Å². The standard InChI is InChI=1S/C21H23FN4OS.HI/c1-15(20-6-4-10-28-20)12-25-21(23-2)26-13-16-7-8-19(18(22)11-16)27-17-5-3-9-24-14-17;/h3-11,14-15H,12-13H2,1-2H3,(H2,23,25,26);1H. The lowest BCUT2D eigenvalue weighted by atomic mass is 10.1. The van der Waals surface area contributed by atoms with E-state index in [4.69, 9.17) is 4.74 Å². The smallest absolute Gasteiger partial charge is 0.191 e. The second-order valence-corrected chi connectivity index (χ2v) is 7.26. The lowest BCUT2D eigenvalue weighted by Gasteiger charge is -2.15. The summed E-state index contributed by atoms with van der Waals surface area (Å²) in [6.45, 7) is 3.39. The van der Waals surface area contributed by atoms with E-state index < -0.39 is 5.82 Å². The molecular weight excluding hydrogens is 502 g/mol. The number of nitrogens with one attached hydrogen (secondary N) is 2. The van der Waals surface area contributed by atoms with E-state index in [0.717, 1.165) is 12.1 Å². The molecule has 1 atom stereocenters. The highest BCUT2D eigenvalue weighted by Crippen LogP contribution is 2.24. The number of rotatable bonds is 7. The average molecular weight is 526 g/mol. The van der Waals surface area contributed by atoms with Gasteiger partial charge in [0, 0.05) is 37.1 Å². The highest BCUT2D eigenvalue weighted by molar-refractivity contribution is 14.0. The predicted molar refractivity (Wildman–Crippen MR) is 127 cm³/mol. The van der Waals surface area contributed by atoms with E-state index in [1.165, 1.54) is 10.9 Å². The predicted octanol–water partition coefficient (Wildman–Crippen LogP) is 5.16. The molecule has 0 radical (unpaired) electrons. The van der Waals surface area contributed by atoms with Crippen LogP contribution in [0.3, 0.4) is 0 Å². The highest BCUT2D eigenvalue weighted by Gasteiger charge is 2.09. The number of nitrogens with zero attached hydrogens (tertiary/aromatic N) is 2. The summed E-state index contributed by atoms with van der Waals surface area (Å²) in [5.74, 6) is 1.32. The number of ether oxygens (including phenoxy) is 1. The highest BCUT2D eigenvalue weighted by atomic mass is 127. The maximum absolute atomic E-state index is 14.3. The summed E-state index contributed by atoms with van der Waals surface area (Å²) in [7, 11) is 1.72. The van der Waals surface area contributed by atoms with Crippen LogP contribution < -0.4 is 15.4 Å². The van der Waals surface area contributed by atoms with Gasteiger partial charge in [-0.05, 0) is 41.3 Å². The van der Waals surface area contributed by atoms with Crippen molar-refractivity contribution in [1.82, 2.24) is 15.6 Å². The first-order valence-electron chi connectivity index (χ1n) is 9.00.